The second-order valence-electron chi connectivity index (χ2n) is 6.22. The van der Waals surface area contributed by atoms with E-state index in [2.05, 4.69) is 0 Å². The van der Waals surface area contributed by atoms with Crippen molar-refractivity contribution in [3.63, 3.8) is 0 Å². The maximum atomic E-state index is 13.7. The second kappa shape index (κ2) is 6.35. The van der Waals surface area contributed by atoms with Crippen LogP contribution in [0.2, 0.25) is 0 Å². The number of alkyl halides is 3. The van der Waals surface area contributed by atoms with Gasteiger partial charge in [0.05, 0.1) is 0 Å². The molecule has 1 atom stereocenters. The number of ether oxygens (including phenoxy) is 3. The lowest BCUT2D eigenvalue weighted by molar-refractivity contribution is -0.275. The van der Waals surface area contributed by atoms with Crippen molar-refractivity contribution in [2.45, 2.75) is 11.8 Å². The standard InChI is InChI=1S/C20H15F3O4/c21-20(22,23)19(24,15-6-8-17-18(10-15)27-12-26-17)11-25-16-7-5-13-3-1-2-4-14(13)9-16/h1-10,24H,11-12H2. The summed E-state index contributed by atoms with van der Waals surface area (Å²) in [5.41, 5.74) is -3.57. The number of halogens is 3. The van der Waals surface area contributed by atoms with Gasteiger partial charge in [-0.1, -0.05) is 36.4 Å². The summed E-state index contributed by atoms with van der Waals surface area (Å²) in [5.74, 6) is 0.719. The topological polar surface area (TPSA) is 47.9 Å². The van der Waals surface area contributed by atoms with E-state index in [1.54, 1.807) is 18.2 Å². The Labute approximate surface area is 152 Å². The lowest BCUT2D eigenvalue weighted by atomic mass is 9.93. The summed E-state index contributed by atoms with van der Waals surface area (Å²) in [4.78, 5) is 0. The molecule has 0 aromatic heterocycles. The van der Waals surface area contributed by atoms with Crippen LogP contribution in [0.15, 0.2) is 60.7 Å². The van der Waals surface area contributed by atoms with E-state index in [4.69, 9.17) is 14.2 Å². The maximum Gasteiger partial charge on any atom is 0.424 e. The molecular weight excluding hydrogens is 361 g/mol. The third-order valence-corrected chi connectivity index (χ3v) is 4.49. The molecule has 0 amide bonds. The zero-order valence-electron chi connectivity index (χ0n) is 14.0. The Bertz CT molecular complexity index is 986. The fourth-order valence-electron chi connectivity index (χ4n) is 2.93. The number of hydrogen-bond donors (Lipinski definition) is 1. The van der Waals surface area contributed by atoms with Crippen LogP contribution in [0.25, 0.3) is 10.8 Å². The van der Waals surface area contributed by atoms with Crippen LogP contribution in [-0.4, -0.2) is 24.7 Å². The molecule has 4 nitrogen and oxygen atoms in total. The van der Waals surface area contributed by atoms with Gasteiger partial charge in [0.25, 0.3) is 0 Å². The lowest BCUT2D eigenvalue weighted by Gasteiger charge is -2.30. The van der Waals surface area contributed by atoms with E-state index in [1.807, 2.05) is 24.3 Å². The molecule has 1 aliphatic heterocycles. The summed E-state index contributed by atoms with van der Waals surface area (Å²) in [6, 6.07) is 16.0. The summed E-state index contributed by atoms with van der Waals surface area (Å²) in [6.07, 6.45) is -4.95. The van der Waals surface area contributed by atoms with Crippen molar-refractivity contribution in [3.05, 3.63) is 66.2 Å². The highest BCUT2D eigenvalue weighted by molar-refractivity contribution is 5.83. The van der Waals surface area contributed by atoms with Crippen LogP contribution in [-0.2, 0) is 5.60 Å². The highest BCUT2D eigenvalue weighted by atomic mass is 19.4. The number of aliphatic hydroxyl groups is 1. The van der Waals surface area contributed by atoms with E-state index in [9.17, 15) is 18.3 Å². The van der Waals surface area contributed by atoms with E-state index < -0.39 is 18.4 Å². The van der Waals surface area contributed by atoms with Crippen LogP contribution in [0.3, 0.4) is 0 Å². The molecule has 3 aromatic rings. The zero-order valence-corrected chi connectivity index (χ0v) is 14.0. The Morgan fingerprint density at radius 2 is 1.63 bits per heavy atom. The first-order valence-electron chi connectivity index (χ1n) is 8.18. The van der Waals surface area contributed by atoms with Crippen LogP contribution in [0.4, 0.5) is 13.2 Å². The average molecular weight is 376 g/mol. The molecule has 1 heterocycles. The molecule has 7 heteroatoms. The lowest BCUT2D eigenvalue weighted by Crippen LogP contribution is -2.47. The fraction of sp³-hybridized carbons (Fsp3) is 0.200. The van der Waals surface area contributed by atoms with Gasteiger partial charge >= 0.3 is 6.18 Å². The van der Waals surface area contributed by atoms with Crippen molar-refractivity contribution in [1.82, 2.24) is 0 Å². The largest absolute Gasteiger partial charge is 0.490 e. The van der Waals surface area contributed by atoms with Gasteiger partial charge in [0.1, 0.15) is 12.4 Å². The molecule has 4 rings (SSSR count). The minimum atomic E-state index is -4.95. The van der Waals surface area contributed by atoms with Crippen LogP contribution >= 0.6 is 0 Å². The van der Waals surface area contributed by atoms with Crippen molar-refractivity contribution in [1.29, 1.82) is 0 Å². The Morgan fingerprint density at radius 3 is 2.41 bits per heavy atom. The fourth-order valence-corrected chi connectivity index (χ4v) is 2.93. The highest BCUT2D eigenvalue weighted by Gasteiger charge is 2.56. The Balaban J connectivity index is 1.63. The minimum absolute atomic E-state index is 0.0726. The van der Waals surface area contributed by atoms with E-state index in [-0.39, 0.29) is 23.9 Å². The summed E-state index contributed by atoms with van der Waals surface area (Å²) in [7, 11) is 0. The van der Waals surface area contributed by atoms with Crippen molar-refractivity contribution >= 4 is 10.8 Å². The molecule has 27 heavy (non-hydrogen) atoms. The number of benzene rings is 3. The summed E-state index contributed by atoms with van der Waals surface area (Å²) in [6.45, 7) is -1.06. The van der Waals surface area contributed by atoms with Crippen LogP contribution < -0.4 is 14.2 Å². The van der Waals surface area contributed by atoms with Crippen LogP contribution in [0, 0.1) is 0 Å². The summed E-state index contributed by atoms with van der Waals surface area (Å²) >= 11 is 0. The molecule has 0 radical (unpaired) electrons. The quantitative estimate of drug-likeness (QED) is 0.733. The van der Waals surface area contributed by atoms with E-state index >= 15 is 0 Å². The third-order valence-electron chi connectivity index (χ3n) is 4.49. The van der Waals surface area contributed by atoms with Crippen LogP contribution in [0.1, 0.15) is 5.56 Å². The first-order valence-corrected chi connectivity index (χ1v) is 8.18. The Kier molecular flexibility index (Phi) is 4.11. The number of rotatable bonds is 4. The normalized spacial score (nSPS) is 15.6. The third kappa shape index (κ3) is 3.14. The van der Waals surface area contributed by atoms with Gasteiger partial charge in [-0.05, 0) is 35.0 Å². The van der Waals surface area contributed by atoms with Crippen molar-refractivity contribution in [2.24, 2.45) is 0 Å². The molecular formula is C20H15F3O4. The van der Waals surface area contributed by atoms with Gasteiger partial charge in [0, 0.05) is 5.56 Å². The molecule has 0 fully saturated rings. The predicted octanol–water partition coefficient (Wildman–Crippen LogP) is 4.40. The first kappa shape index (κ1) is 17.5. The van der Waals surface area contributed by atoms with Gasteiger partial charge < -0.3 is 19.3 Å². The number of fused-ring (bicyclic) bond motifs is 2. The molecule has 0 saturated carbocycles. The summed E-state index contributed by atoms with van der Waals surface area (Å²) < 4.78 is 56.6. The predicted molar refractivity (Wildman–Crippen MR) is 92.0 cm³/mol. The summed E-state index contributed by atoms with van der Waals surface area (Å²) in [5, 5.41) is 12.2. The van der Waals surface area contributed by atoms with Gasteiger partial charge in [-0.2, -0.15) is 13.2 Å². The van der Waals surface area contributed by atoms with E-state index in [0.717, 1.165) is 22.9 Å². The van der Waals surface area contributed by atoms with Crippen molar-refractivity contribution in [3.8, 4) is 17.2 Å². The Hall–Kier alpha value is -2.93. The van der Waals surface area contributed by atoms with Crippen molar-refractivity contribution in [2.75, 3.05) is 13.4 Å². The molecule has 1 N–H and O–H groups in total. The molecule has 3 aromatic carbocycles. The smallest absolute Gasteiger partial charge is 0.424 e. The maximum absolute atomic E-state index is 13.7. The molecule has 1 unspecified atom stereocenters. The molecule has 1 aliphatic rings. The molecule has 140 valence electrons. The zero-order chi connectivity index (χ0) is 19.1. The number of hydrogen-bond acceptors (Lipinski definition) is 4. The Morgan fingerprint density at radius 1 is 0.889 bits per heavy atom. The van der Waals surface area contributed by atoms with E-state index in [0.29, 0.717) is 5.75 Å². The highest BCUT2D eigenvalue weighted by Crippen LogP contribution is 2.43. The molecule has 0 spiro atoms. The second-order valence-corrected chi connectivity index (χ2v) is 6.22. The monoisotopic (exact) mass is 376 g/mol. The van der Waals surface area contributed by atoms with Gasteiger partial charge in [0.2, 0.25) is 12.4 Å². The first-order chi connectivity index (χ1) is 12.9. The minimum Gasteiger partial charge on any atom is -0.490 e. The SMILES string of the molecule is OC(COc1ccc2ccccc2c1)(c1ccc2c(c1)OCO2)C(F)(F)F. The van der Waals surface area contributed by atoms with Crippen molar-refractivity contribution < 1.29 is 32.5 Å². The average Bonchev–Trinajstić information content (AvgIpc) is 3.12. The molecule has 0 bridgehead atoms. The van der Waals surface area contributed by atoms with Gasteiger partial charge in [0.15, 0.2) is 11.5 Å². The molecule has 0 aliphatic carbocycles. The van der Waals surface area contributed by atoms with Gasteiger partial charge in [-0.3, -0.25) is 0 Å². The van der Waals surface area contributed by atoms with Gasteiger partial charge in [-0.15, -0.1) is 0 Å². The van der Waals surface area contributed by atoms with E-state index in [1.165, 1.54) is 6.07 Å². The van der Waals surface area contributed by atoms with Crippen LogP contribution in [0.5, 0.6) is 17.2 Å². The molecule has 0 saturated heterocycles. The van der Waals surface area contributed by atoms with Gasteiger partial charge in [-0.25, -0.2) is 0 Å².